The topological polar surface area (TPSA) is 43.8 Å². The zero-order chi connectivity index (χ0) is 14.7. The van der Waals surface area contributed by atoms with Crippen molar-refractivity contribution in [1.82, 2.24) is 9.55 Å². The van der Waals surface area contributed by atoms with Crippen LogP contribution in [0.1, 0.15) is 33.0 Å². The number of nitrogens with zero attached hydrogens (tertiary/aromatic N) is 2. The average Bonchev–Trinajstić information content (AvgIpc) is 2.69. The molecular formula is C16H22FN3. The molecule has 0 spiro atoms. The lowest BCUT2D eigenvalue weighted by Gasteiger charge is -2.11. The zero-order valence-electron chi connectivity index (χ0n) is 12.4. The Bertz CT molecular complexity index is 570. The van der Waals surface area contributed by atoms with E-state index in [4.69, 9.17) is 5.73 Å². The molecule has 0 aliphatic rings. The van der Waals surface area contributed by atoms with Crippen LogP contribution in [0, 0.1) is 11.7 Å². The van der Waals surface area contributed by atoms with E-state index in [9.17, 15) is 4.39 Å². The molecule has 108 valence electrons. The van der Waals surface area contributed by atoms with Gasteiger partial charge in [-0.1, -0.05) is 20.8 Å². The first-order valence-corrected chi connectivity index (χ1v) is 7.13. The number of imidazole rings is 1. The fourth-order valence-corrected chi connectivity index (χ4v) is 2.32. The van der Waals surface area contributed by atoms with Gasteiger partial charge in [-0.15, -0.1) is 0 Å². The quantitative estimate of drug-likeness (QED) is 0.900. The smallest absolute Gasteiger partial charge is 0.131 e. The number of anilines is 1. The third-order valence-electron chi connectivity index (χ3n) is 3.22. The van der Waals surface area contributed by atoms with Crippen LogP contribution in [-0.2, 0) is 13.0 Å². The summed E-state index contributed by atoms with van der Waals surface area (Å²) in [5.74, 6) is 1.94. The van der Waals surface area contributed by atoms with Gasteiger partial charge in [0.05, 0.1) is 0 Å². The first kappa shape index (κ1) is 14.6. The van der Waals surface area contributed by atoms with Crippen molar-refractivity contribution in [2.45, 2.75) is 40.2 Å². The Morgan fingerprint density at radius 2 is 1.90 bits per heavy atom. The van der Waals surface area contributed by atoms with E-state index in [1.165, 1.54) is 12.1 Å². The molecule has 4 heteroatoms. The molecule has 0 radical (unpaired) electrons. The highest BCUT2D eigenvalue weighted by Crippen LogP contribution is 2.27. The highest BCUT2D eigenvalue weighted by molar-refractivity contribution is 5.71. The third-order valence-corrected chi connectivity index (χ3v) is 3.22. The Morgan fingerprint density at radius 1 is 1.25 bits per heavy atom. The first-order chi connectivity index (χ1) is 9.52. The van der Waals surface area contributed by atoms with Gasteiger partial charge in [0.2, 0.25) is 0 Å². The molecule has 0 aliphatic carbocycles. The fourth-order valence-electron chi connectivity index (χ4n) is 2.32. The van der Waals surface area contributed by atoms with Gasteiger partial charge in [0.15, 0.2) is 0 Å². The van der Waals surface area contributed by atoms with Crippen LogP contribution < -0.4 is 5.73 Å². The summed E-state index contributed by atoms with van der Waals surface area (Å²) >= 11 is 0. The number of aromatic nitrogens is 2. The average molecular weight is 275 g/mol. The van der Waals surface area contributed by atoms with Gasteiger partial charge in [0.1, 0.15) is 23.2 Å². The lowest BCUT2D eigenvalue weighted by Crippen LogP contribution is -2.11. The van der Waals surface area contributed by atoms with E-state index in [1.807, 2.05) is 0 Å². The van der Waals surface area contributed by atoms with Crippen LogP contribution in [0.15, 0.2) is 24.3 Å². The van der Waals surface area contributed by atoms with Gasteiger partial charge in [-0.2, -0.15) is 0 Å². The second-order valence-corrected chi connectivity index (χ2v) is 5.52. The van der Waals surface area contributed by atoms with Crippen LogP contribution in [0.25, 0.3) is 11.3 Å². The number of rotatable bonds is 5. The lowest BCUT2D eigenvalue weighted by atomic mass is 10.1. The van der Waals surface area contributed by atoms with Crippen molar-refractivity contribution in [2.75, 3.05) is 5.73 Å². The van der Waals surface area contributed by atoms with E-state index in [-0.39, 0.29) is 5.82 Å². The summed E-state index contributed by atoms with van der Waals surface area (Å²) in [6.45, 7) is 7.30. The SMILES string of the molecule is CCCc1nc(-c2ccc(F)cc2)c(N)n1CC(C)C. The van der Waals surface area contributed by atoms with E-state index in [0.29, 0.717) is 11.7 Å². The van der Waals surface area contributed by atoms with Crippen molar-refractivity contribution in [2.24, 2.45) is 5.92 Å². The van der Waals surface area contributed by atoms with E-state index < -0.39 is 0 Å². The Hall–Kier alpha value is -1.84. The molecule has 2 aromatic rings. The Morgan fingerprint density at radius 3 is 2.45 bits per heavy atom. The molecule has 2 rings (SSSR count). The molecule has 1 heterocycles. The highest BCUT2D eigenvalue weighted by Gasteiger charge is 2.16. The molecule has 0 atom stereocenters. The summed E-state index contributed by atoms with van der Waals surface area (Å²) in [6, 6.07) is 6.33. The Kier molecular flexibility index (Phi) is 4.42. The number of nitrogen functional groups attached to an aromatic ring is 1. The molecule has 1 aromatic heterocycles. The molecule has 20 heavy (non-hydrogen) atoms. The number of halogens is 1. The molecule has 0 aliphatic heterocycles. The van der Waals surface area contributed by atoms with Crippen molar-refractivity contribution < 1.29 is 4.39 Å². The second-order valence-electron chi connectivity index (χ2n) is 5.52. The number of hydrogen-bond donors (Lipinski definition) is 1. The monoisotopic (exact) mass is 275 g/mol. The van der Waals surface area contributed by atoms with E-state index in [1.54, 1.807) is 12.1 Å². The number of aryl methyl sites for hydroxylation is 1. The lowest BCUT2D eigenvalue weighted by molar-refractivity contribution is 0.510. The van der Waals surface area contributed by atoms with Crippen molar-refractivity contribution in [1.29, 1.82) is 0 Å². The van der Waals surface area contributed by atoms with Crippen molar-refractivity contribution in [3.8, 4) is 11.3 Å². The van der Waals surface area contributed by atoms with Crippen molar-refractivity contribution in [3.63, 3.8) is 0 Å². The van der Waals surface area contributed by atoms with Crippen LogP contribution in [0.2, 0.25) is 0 Å². The van der Waals surface area contributed by atoms with Gasteiger partial charge in [-0.25, -0.2) is 9.37 Å². The van der Waals surface area contributed by atoms with Crippen LogP contribution in [0.5, 0.6) is 0 Å². The summed E-state index contributed by atoms with van der Waals surface area (Å²) in [7, 11) is 0. The van der Waals surface area contributed by atoms with Crippen LogP contribution in [-0.4, -0.2) is 9.55 Å². The fraction of sp³-hybridized carbons (Fsp3) is 0.438. The third kappa shape index (κ3) is 3.00. The maximum atomic E-state index is 13.0. The van der Waals surface area contributed by atoms with Gasteiger partial charge < -0.3 is 10.3 Å². The molecule has 0 bridgehead atoms. The van der Waals surface area contributed by atoms with Gasteiger partial charge in [-0.3, -0.25) is 0 Å². The molecular weight excluding hydrogens is 253 g/mol. The largest absolute Gasteiger partial charge is 0.383 e. The summed E-state index contributed by atoms with van der Waals surface area (Å²) in [6.07, 6.45) is 1.93. The summed E-state index contributed by atoms with van der Waals surface area (Å²) in [5, 5.41) is 0. The second kappa shape index (κ2) is 6.07. The zero-order valence-corrected chi connectivity index (χ0v) is 12.4. The first-order valence-electron chi connectivity index (χ1n) is 7.13. The summed E-state index contributed by atoms with van der Waals surface area (Å²) in [5.41, 5.74) is 7.88. The maximum absolute atomic E-state index is 13.0. The minimum atomic E-state index is -0.247. The minimum absolute atomic E-state index is 0.247. The highest BCUT2D eigenvalue weighted by atomic mass is 19.1. The number of nitrogens with two attached hydrogens (primary N) is 1. The number of hydrogen-bond acceptors (Lipinski definition) is 2. The molecule has 3 nitrogen and oxygen atoms in total. The van der Waals surface area contributed by atoms with Crippen LogP contribution >= 0.6 is 0 Å². The molecule has 0 amide bonds. The Labute approximate surface area is 119 Å². The predicted octanol–water partition coefficient (Wildman–Crippen LogP) is 3.88. The van der Waals surface area contributed by atoms with Gasteiger partial charge in [0, 0.05) is 18.5 Å². The summed E-state index contributed by atoms with van der Waals surface area (Å²) in [4.78, 5) is 4.67. The molecule has 2 N–H and O–H groups in total. The molecule has 0 fully saturated rings. The van der Waals surface area contributed by atoms with Gasteiger partial charge >= 0.3 is 0 Å². The van der Waals surface area contributed by atoms with Crippen LogP contribution in [0.4, 0.5) is 10.2 Å². The molecule has 1 aromatic carbocycles. The van der Waals surface area contributed by atoms with Crippen molar-refractivity contribution in [3.05, 3.63) is 35.9 Å². The molecule has 0 saturated carbocycles. The number of benzene rings is 1. The summed E-state index contributed by atoms with van der Waals surface area (Å²) < 4.78 is 15.1. The van der Waals surface area contributed by atoms with Gasteiger partial charge in [0.25, 0.3) is 0 Å². The van der Waals surface area contributed by atoms with Crippen LogP contribution in [0.3, 0.4) is 0 Å². The minimum Gasteiger partial charge on any atom is -0.383 e. The Balaban J connectivity index is 2.45. The van der Waals surface area contributed by atoms with E-state index in [2.05, 4.69) is 30.3 Å². The standard InChI is InChI=1S/C16H22FN3/c1-4-5-14-19-15(12-6-8-13(17)9-7-12)16(18)20(14)10-11(2)3/h6-9,11H,4-5,10,18H2,1-3H3. The normalized spacial score (nSPS) is 11.2. The molecule has 0 saturated heterocycles. The van der Waals surface area contributed by atoms with E-state index in [0.717, 1.165) is 36.5 Å². The maximum Gasteiger partial charge on any atom is 0.131 e. The predicted molar refractivity (Wildman–Crippen MR) is 80.9 cm³/mol. The van der Waals surface area contributed by atoms with Gasteiger partial charge in [-0.05, 0) is 36.6 Å². The molecule has 0 unspecified atom stereocenters. The van der Waals surface area contributed by atoms with E-state index >= 15 is 0 Å². The van der Waals surface area contributed by atoms with Crippen molar-refractivity contribution >= 4 is 5.82 Å².